The predicted octanol–water partition coefficient (Wildman–Crippen LogP) is 3.63. The summed E-state index contributed by atoms with van der Waals surface area (Å²) in [7, 11) is 7.87. The van der Waals surface area contributed by atoms with Gasteiger partial charge in [-0.15, -0.1) is 0 Å². The third-order valence-corrected chi connectivity index (χ3v) is 9.52. The number of methoxy groups -OCH3 is 4. The number of likely N-dealkylation sites (tertiary alicyclic amines) is 2. The van der Waals surface area contributed by atoms with E-state index >= 15 is 0 Å². The Kier molecular flexibility index (Phi) is 22.5. The summed E-state index contributed by atoms with van der Waals surface area (Å²) in [4.78, 5) is 97.0. The topological polar surface area (TPSA) is 281 Å². The summed E-state index contributed by atoms with van der Waals surface area (Å²) >= 11 is 0. The van der Waals surface area contributed by atoms with Crippen LogP contribution in [0.5, 0.6) is 11.5 Å². The average molecular weight is 963 g/mol. The Labute approximate surface area is 395 Å². The van der Waals surface area contributed by atoms with E-state index in [1.807, 2.05) is 0 Å². The Balaban J connectivity index is 0.000000359. The molecule has 378 valence electrons. The monoisotopic (exact) mass is 962 g/mol. The number of hydrogen-bond acceptors (Lipinski definition) is 18. The van der Waals surface area contributed by atoms with E-state index in [-0.39, 0.29) is 65.6 Å². The Morgan fingerprint density at radius 3 is 1.43 bits per heavy atom. The van der Waals surface area contributed by atoms with Crippen LogP contribution in [-0.2, 0) is 42.7 Å². The van der Waals surface area contributed by atoms with Crippen LogP contribution in [0.1, 0.15) is 109 Å². The molecule has 3 saturated heterocycles. The molecule has 22 heteroatoms. The van der Waals surface area contributed by atoms with Crippen molar-refractivity contribution in [3.8, 4) is 11.5 Å². The maximum atomic E-state index is 12.6. The summed E-state index contributed by atoms with van der Waals surface area (Å²) in [5, 5.41) is 23.7. The molecule has 3 aliphatic rings. The van der Waals surface area contributed by atoms with Gasteiger partial charge in [-0.05, 0) is 90.8 Å². The molecule has 0 bridgehead atoms. The Hall–Kier alpha value is -6.68. The highest BCUT2D eigenvalue weighted by Gasteiger charge is 2.44. The van der Waals surface area contributed by atoms with Crippen molar-refractivity contribution < 1.29 is 86.5 Å². The molecule has 4 amide bonds. The molecule has 0 unspecified atom stereocenters. The zero-order chi connectivity index (χ0) is 51.5. The number of nitrogens with zero attached hydrogens (tertiary/aromatic N) is 2. The lowest BCUT2D eigenvalue weighted by molar-refractivity contribution is -0.146. The van der Waals surface area contributed by atoms with Gasteiger partial charge >= 0.3 is 36.1 Å². The number of ether oxygens (including phenoxy) is 8. The van der Waals surface area contributed by atoms with Gasteiger partial charge in [0, 0.05) is 51.3 Å². The van der Waals surface area contributed by atoms with Crippen molar-refractivity contribution >= 4 is 47.9 Å². The van der Waals surface area contributed by atoms with Crippen molar-refractivity contribution in [2.75, 3.05) is 68.8 Å². The summed E-state index contributed by atoms with van der Waals surface area (Å²) in [6.45, 7) is 12.5. The van der Waals surface area contributed by atoms with Crippen LogP contribution in [0.25, 0.3) is 0 Å². The molecule has 0 aliphatic carbocycles. The maximum absolute atomic E-state index is 12.6. The van der Waals surface area contributed by atoms with Gasteiger partial charge in [-0.3, -0.25) is 19.4 Å². The van der Waals surface area contributed by atoms with Gasteiger partial charge in [-0.1, -0.05) is 0 Å². The number of phenols is 1. The highest BCUT2D eigenvalue weighted by Crippen LogP contribution is 2.28. The van der Waals surface area contributed by atoms with Crippen LogP contribution >= 0.6 is 0 Å². The number of benzene rings is 2. The molecule has 2 aromatic rings. The van der Waals surface area contributed by atoms with Crippen molar-refractivity contribution in [1.82, 2.24) is 20.4 Å². The molecule has 0 saturated carbocycles. The van der Waals surface area contributed by atoms with Gasteiger partial charge in [0.2, 0.25) is 0 Å². The zero-order valence-electron chi connectivity index (χ0n) is 40.8. The number of aliphatic hydroxyl groups is 1. The molecule has 3 fully saturated rings. The molecule has 0 spiro atoms. The Morgan fingerprint density at radius 1 is 0.603 bits per heavy atom. The van der Waals surface area contributed by atoms with Gasteiger partial charge in [0.15, 0.2) is 0 Å². The lowest BCUT2D eigenvalue weighted by Gasteiger charge is -2.27. The number of rotatable bonds is 8. The number of carbonyl (C=O) groups is 8. The van der Waals surface area contributed by atoms with E-state index in [1.165, 1.54) is 102 Å². The minimum Gasteiger partial charge on any atom is -0.508 e. The molecular weight excluding hydrogens is 897 g/mol. The smallest absolute Gasteiger partial charge is 0.411 e. The van der Waals surface area contributed by atoms with E-state index in [9.17, 15) is 48.6 Å². The number of nitrogens with one attached hydrogen (secondary N) is 2. The molecule has 4 N–H and O–H groups in total. The Bertz CT molecular complexity index is 2000. The van der Waals surface area contributed by atoms with E-state index in [1.54, 1.807) is 41.5 Å². The number of hydrogen-bond donors (Lipinski definition) is 4. The number of amides is 4. The van der Waals surface area contributed by atoms with Crippen LogP contribution in [0.15, 0.2) is 36.4 Å². The number of phenolic OH excluding ortho intramolecular Hbond substituents is 1. The van der Waals surface area contributed by atoms with E-state index in [0.717, 1.165) is 13.2 Å². The van der Waals surface area contributed by atoms with Gasteiger partial charge in [0.25, 0.3) is 11.8 Å². The lowest BCUT2D eigenvalue weighted by atomic mass is 10.1. The third-order valence-electron chi connectivity index (χ3n) is 9.52. The van der Waals surface area contributed by atoms with Crippen LogP contribution < -0.4 is 15.4 Å². The van der Waals surface area contributed by atoms with Crippen LogP contribution in [0.3, 0.4) is 0 Å². The minimum absolute atomic E-state index is 0.0619. The number of β-amino-alcohol motifs (C(OH)–C–C–N with tert-alkyl or cyclic N) is 1. The number of carbonyl (C=O) groups excluding carboxylic acids is 8. The van der Waals surface area contributed by atoms with E-state index < -0.39 is 77.5 Å². The van der Waals surface area contributed by atoms with E-state index in [4.69, 9.17) is 28.4 Å². The van der Waals surface area contributed by atoms with Crippen molar-refractivity contribution in [1.29, 1.82) is 0 Å². The first kappa shape index (κ1) is 57.4. The van der Waals surface area contributed by atoms with Crippen LogP contribution in [0.4, 0.5) is 9.59 Å². The molecule has 3 aliphatic heterocycles. The normalized spacial score (nSPS) is 18.3. The van der Waals surface area contributed by atoms with E-state index in [2.05, 4.69) is 20.1 Å². The molecule has 22 nitrogen and oxygen atoms in total. The molecule has 0 aromatic heterocycles. The summed E-state index contributed by atoms with van der Waals surface area (Å²) in [6.07, 6.45) is 0.316. The standard InChI is InChI=1S/C21H28N2O8.C11H19NO5.C10H11NO4.C4H8O/c1-21(2,3)31-20(27)23-11-15(10-16(23)19(26)29-6)30-14-8-12(17(24)22-4)7-13(9-14)18(25)28-5;1-11(2,3)17-10(15)12-6-7(13)5-8(12)9(14)16-4;1-11-9(13)6-3-7(10(14)15-2)5-8(12)4-6;1-2-4-5-3-1/h7-9,15-16H,10-11H2,1-6H3,(H,22,24);7-8,13H,5-6H2,1-4H3;3-5,12H,1-2H3,(H,11,13);1-4H2/t15-,16+;7-,8+;;/m11../s1. The molecule has 3 heterocycles. The van der Waals surface area contributed by atoms with Gasteiger partial charge in [-0.2, -0.15) is 0 Å². The quantitative estimate of drug-likeness (QED) is 0.217. The summed E-state index contributed by atoms with van der Waals surface area (Å²) in [5.41, 5.74) is -0.703. The maximum Gasteiger partial charge on any atom is 0.411 e. The molecule has 5 rings (SSSR count). The SMILES string of the molecule is C1CCOC1.CNC(=O)c1cc(O)cc(C(=O)OC)c1.CNC(=O)c1cc(O[C@@H]2C[C@@H](C(=O)OC)N(C(=O)OC(C)(C)C)C2)cc(C(=O)OC)c1.COC(=O)[C@@H]1C[C@@H](O)CN1C(=O)OC(C)(C)C. The summed E-state index contributed by atoms with van der Waals surface area (Å²) < 4.78 is 40.0. The Morgan fingerprint density at radius 2 is 1.01 bits per heavy atom. The first-order valence-corrected chi connectivity index (χ1v) is 21.5. The minimum atomic E-state index is -0.882. The lowest BCUT2D eigenvalue weighted by Crippen LogP contribution is -2.44. The van der Waals surface area contributed by atoms with Crippen LogP contribution in [-0.4, -0.2) is 172 Å². The molecule has 68 heavy (non-hydrogen) atoms. The van der Waals surface area contributed by atoms with Crippen molar-refractivity contribution in [3.63, 3.8) is 0 Å². The van der Waals surface area contributed by atoms with Gasteiger partial charge in [0.1, 0.15) is 40.9 Å². The first-order valence-electron chi connectivity index (χ1n) is 21.5. The second-order valence-electron chi connectivity index (χ2n) is 17.2. The first-order chi connectivity index (χ1) is 31.8. The second-order valence-corrected chi connectivity index (χ2v) is 17.2. The summed E-state index contributed by atoms with van der Waals surface area (Å²) in [5.74, 6) is -3.09. The highest BCUT2D eigenvalue weighted by molar-refractivity contribution is 5.99. The van der Waals surface area contributed by atoms with Gasteiger partial charge < -0.3 is 58.7 Å². The molecular formula is C46H66N4O18. The highest BCUT2D eigenvalue weighted by atomic mass is 16.6. The van der Waals surface area contributed by atoms with Crippen molar-refractivity contribution in [2.45, 2.75) is 103 Å². The van der Waals surface area contributed by atoms with Crippen LogP contribution in [0, 0.1) is 0 Å². The van der Waals surface area contributed by atoms with Crippen molar-refractivity contribution in [2.24, 2.45) is 0 Å². The number of aliphatic hydroxyl groups excluding tert-OH is 1. The number of esters is 4. The third kappa shape index (κ3) is 18.5. The number of aromatic hydroxyl groups is 1. The van der Waals surface area contributed by atoms with Crippen molar-refractivity contribution in [3.05, 3.63) is 58.7 Å². The van der Waals surface area contributed by atoms with Crippen LogP contribution in [0.2, 0.25) is 0 Å². The fraction of sp³-hybridized carbons (Fsp3) is 0.565. The largest absolute Gasteiger partial charge is 0.508 e. The van der Waals surface area contributed by atoms with Gasteiger partial charge in [0.05, 0.1) is 58.8 Å². The fourth-order valence-corrected chi connectivity index (χ4v) is 6.46. The fourth-order valence-electron chi connectivity index (χ4n) is 6.46. The predicted molar refractivity (Wildman–Crippen MR) is 241 cm³/mol. The van der Waals surface area contributed by atoms with Gasteiger partial charge in [-0.25, -0.2) is 28.8 Å². The second kappa shape index (κ2) is 26.6. The molecule has 0 radical (unpaired) electrons. The molecule has 2 aromatic carbocycles. The van der Waals surface area contributed by atoms with E-state index in [0.29, 0.717) is 0 Å². The zero-order valence-corrected chi connectivity index (χ0v) is 40.8. The molecule has 4 atom stereocenters. The average Bonchev–Trinajstić information content (AvgIpc) is 4.09. The summed E-state index contributed by atoms with van der Waals surface area (Å²) in [6, 6.07) is 6.50.